The van der Waals surface area contributed by atoms with Crippen molar-refractivity contribution >= 4 is 33.3 Å². The number of hydrogen-bond acceptors (Lipinski definition) is 7. The fourth-order valence-corrected chi connectivity index (χ4v) is 6.99. The van der Waals surface area contributed by atoms with Crippen molar-refractivity contribution in [3.8, 4) is 22.9 Å². The third-order valence-corrected chi connectivity index (χ3v) is 8.59. The molecule has 0 amide bonds. The lowest BCUT2D eigenvalue weighted by Crippen LogP contribution is -2.22. The van der Waals surface area contributed by atoms with Gasteiger partial charge in [-0.3, -0.25) is 9.36 Å². The molecule has 34 heavy (non-hydrogen) atoms. The highest BCUT2D eigenvalue weighted by atomic mass is 32.2. The molecule has 8 heteroatoms. The van der Waals surface area contributed by atoms with E-state index in [-0.39, 0.29) is 12.4 Å². The van der Waals surface area contributed by atoms with Gasteiger partial charge in [0.15, 0.2) is 16.7 Å². The number of hydrogen-bond donors (Lipinski definition) is 0. The van der Waals surface area contributed by atoms with Gasteiger partial charge in [0.05, 0.1) is 18.2 Å². The van der Waals surface area contributed by atoms with E-state index in [1.165, 1.54) is 10.4 Å². The molecule has 0 saturated heterocycles. The first-order chi connectivity index (χ1) is 16.6. The van der Waals surface area contributed by atoms with Crippen LogP contribution >= 0.6 is 23.1 Å². The normalized spacial score (nSPS) is 16.6. The molecule has 1 atom stereocenters. The molecule has 4 aromatic rings. The summed E-state index contributed by atoms with van der Waals surface area (Å²) < 4.78 is 18.0. The van der Waals surface area contributed by atoms with E-state index in [2.05, 4.69) is 6.92 Å². The Morgan fingerprint density at radius 1 is 1.18 bits per heavy atom. The average Bonchev–Trinajstić information content (AvgIpc) is 3.46. The molecule has 3 heterocycles. The number of methoxy groups -OCH3 is 1. The minimum Gasteiger partial charge on any atom is -0.497 e. The molecule has 0 spiro atoms. The van der Waals surface area contributed by atoms with Crippen molar-refractivity contribution in [2.75, 3.05) is 13.9 Å². The Morgan fingerprint density at radius 2 is 2.00 bits per heavy atom. The molecule has 1 aliphatic heterocycles. The maximum Gasteiger partial charge on any atom is 0.267 e. The largest absolute Gasteiger partial charge is 0.497 e. The van der Waals surface area contributed by atoms with Gasteiger partial charge in [-0.15, -0.1) is 11.3 Å². The van der Waals surface area contributed by atoms with Gasteiger partial charge in [0.1, 0.15) is 10.6 Å². The Hall–Kier alpha value is -2.97. The molecule has 174 valence electrons. The van der Waals surface area contributed by atoms with Crippen LogP contribution in [-0.4, -0.2) is 23.5 Å². The fraction of sp³-hybridized carbons (Fsp3) is 0.308. The van der Waals surface area contributed by atoms with Crippen molar-refractivity contribution in [1.29, 1.82) is 0 Å². The molecule has 0 saturated carbocycles. The van der Waals surface area contributed by atoms with E-state index >= 15 is 0 Å². The Labute approximate surface area is 205 Å². The molecule has 6 nitrogen and oxygen atoms in total. The molecule has 0 bridgehead atoms. The van der Waals surface area contributed by atoms with Crippen molar-refractivity contribution in [2.45, 2.75) is 37.1 Å². The van der Waals surface area contributed by atoms with E-state index in [0.717, 1.165) is 58.0 Å². The van der Waals surface area contributed by atoms with Crippen LogP contribution in [0.15, 0.2) is 52.4 Å². The first kappa shape index (κ1) is 21.6. The lowest BCUT2D eigenvalue weighted by Gasteiger charge is -2.18. The number of ether oxygens (including phenoxy) is 3. The number of benzene rings is 2. The van der Waals surface area contributed by atoms with Crippen LogP contribution in [0.5, 0.6) is 17.2 Å². The zero-order chi connectivity index (χ0) is 23.2. The van der Waals surface area contributed by atoms with Crippen molar-refractivity contribution in [1.82, 2.24) is 9.55 Å². The van der Waals surface area contributed by atoms with Gasteiger partial charge in [-0.05, 0) is 72.7 Å². The van der Waals surface area contributed by atoms with E-state index < -0.39 is 0 Å². The molecule has 1 unspecified atom stereocenters. The van der Waals surface area contributed by atoms with Gasteiger partial charge < -0.3 is 14.2 Å². The van der Waals surface area contributed by atoms with Crippen LogP contribution in [0.3, 0.4) is 0 Å². The van der Waals surface area contributed by atoms with Gasteiger partial charge in [0, 0.05) is 10.6 Å². The maximum atomic E-state index is 13.9. The van der Waals surface area contributed by atoms with Crippen LogP contribution < -0.4 is 19.8 Å². The minimum atomic E-state index is 0.00964. The monoisotopic (exact) mass is 492 g/mol. The minimum absolute atomic E-state index is 0.00964. The standard InChI is InChI=1S/C26H24N2O4S2/c1-15-3-9-19-22(11-15)34-24-23(19)25(29)28(17-5-7-18(30-2)8-6-17)26(27-24)33-13-16-4-10-20-21(12-16)32-14-31-20/h4-8,10,12,15H,3,9,11,13-14H2,1-2H3. The predicted molar refractivity (Wildman–Crippen MR) is 135 cm³/mol. The van der Waals surface area contributed by atoms with Crippen molar-refractivity contribution in [3.05, 3.63) is 68.8 Å². The fourth-order valence-electron chi connectivity index (χ4n) is 4.61. The summed E-state index contributed by atoms with van der Waals surface area (Å²) in [5, 5.41) is 1.47. The summed E-state index contributed by atoms with van der Waals surface area (Å²) in [6.07, 6.45) is 3.08. The molecule has 0 radical (unpaired) electrons. The first-order valence-electron chi connectivity index (χ1n) is 11.3. The van der Waals surface area contributed by atoms with E-state index in [1.807, 2.05) is 42.5 Å². The van der Waals surface area contributed by atoms with Crippen LogP contribution in [0.2, 0.25) is 0 Å². The molecule has 0 N–H and O–H groups in total. The van der Waals surface area contributed by atoms with Gasteiger partial charge >= 0.3 is 0 Å². The van der Waals surface area contributed by atoms with Crippen molar-refractivity contribution in [3.63, 3.8) is 0 Å². The summed E-state index contributed by atoms with van der Waals surface area (Å²) in [6, 6.07) is 13.5. The number of aryl methyl sites for hydroxylation is 1. The van der Waals surface area contributed by atoms with Crippen LogP contribution in [0.4, 0.5) is 0 Å². The summed E-state index contributed by atoms with van der Waals surface area (Å²) in [5.41, 5.74) is 3.09. The van der Waals surface area contributed by atoms with Crippen LogP contribution in [-0.2, 0) is 18.6 Å². The zero-order valence-corrected chi connectivity index (χ0v) is 20.6. The number of nitrogens with zero attached hydrogens (tertiary/aromatic N) is 2. The second-order valence-electron chi connectivity index (χ2n) is 8.74. The summed E-state index contributed by atoms with van der Waals surface area (Å²) in [4.78, 5) is 21.1. The molecule has 2 aromatic carbocycles. The molecule has 2 aromatic heterocycles. The number of aromatic nitrogens is 2. The van der Waals surface area contributed by atoms with E-state index in [9.17, 15) is 4.79 Å². The lowest BCUT2D eigenvalue weighted by molar-refractivity contribution is 0.174. The Kier molecular flexibility index (Phi) is 5.50. The smallest absolute Gasteiger partial charge is 0.267 e. The van der Waals surface area contributed by atoms with E-state index in [4.69, 9.17) is 19.2 Å². The van der Waals surface area contributed by atoms with Gasteiger partial charge in [-0.1, -0.05) is 24.8 Å². The topological polar surface area (TPSA) is 62.6 Å². The Bertz CT molecular complexity index is 1440. The zero-order valence-electron chi connectivity index (χ0n) is 19.0. The average molecular weight is 493 g/mol. The summed E-state index contributed by atoms with van der Waals surface area (Å²) in [5.74, 6) is 3.58. The SMILES string of the molecule is COc1ccc(-n2c(SCc3ccc4c(c3)OCO4)nc3sc4c(c3c2=O)CCC(C)C4)cc1. The number of rotatable bonds is 5. The third-order valence-electron chi connectivity index (χ3n) is 6.43. The molecule has 1 aliphatic carbocycles. The number of thioether (sulfide) groups is 1. The summed E-state index contributed by atoms with van der Waals surface area (Å²) in [7, 11) is 1.64. The van der Waals surface area contributed by atoms with Crippen molar-refractivity contribution in [2.24, 2.45) is 5.92 Å². The summed E-state index contributed by atoms with van der Waals surface area (Å²) >= 11 is 3.24. The highest BCUT2D eigenvalue weighted by Crippen LogP contribution is 2.38. The van der Waals surface area contributed by atoms with Gasteiger partial charge in [-0.2, -0.15) is 0 Å². The third kappa shape index (κ3) is 3.75. The van der Waals surface area contributed by atoms with Crippen LogP contribution in [0.1, 0.15) is 29.3 Å². The Morgan fingerprint density at radius 3 is 2.82 bits per heavy atom. The first-order valence-corrected chi connectivity index (χ1v) is 13.1. The van der Waals surface area contributed by atoms with Gasteiger partial charge in [0.2, 0.25) is 6.79 Å². The Balaban J connectivity index is 1.45. The molecular formula is C26H24N2O4S2. The van der Waals surface area contributed by atoms with Gasteiger partial charge in [0.25, 0.3) is 5.56 Å². The van der Waals surface area contributed by atoms with E-state index in [1.54, 1.807) is 34.8 Å². The second-order valence-corrected chi connectivity index (χ2v) is 10.8. The highest BCUT2D eigenvalue weighted by molar-refractivity contribution is 7.98. The van der Waals surface area contributed by atoms with E-state index in [0.29, 0.717) is 16.8 Å². The second kappa shape index (κ2) is 8.67. The quantitative estimate of drug-likeness (QED) is 0.267. The van der Waals surface area contributed by atoms with Crippen LogP contribution in [0.25, 0.3) is 15.9 Å². The predicted octanol–water partition coefficient (Wildman–Crippen LogP) is 5.60. The van der Waals surface area contributed by atoms with Gasteiger partial charge in [-0.25, -0.2) is 4.98 Å². The lowest BCUT2D eigenvalue weighted by atomic mass is 9.89. The van der Waals surface area contributed by atoms with Crippen LogP contribution in [0, 0.1) is 5.92 Å². The molecule has 2 aliphatic rings. The highest BCUT2D eigenvalue weighted by Gasteiger charge is 2.25. The number of fused-ring (bicyclic) bond motifs is 4. The molecular weight excluding hydrogens is 468 g/mol. The molecule has 0 fully saturated rings. The number of thiophene rings is 1. The summed E-state index contributed by atoms with van der Waals surface area (Å²) in [6.45, 7) is 2.53. The molecule has 6 rings (SSSR count). The maximum absolute atomic E-state index is 13.9. The van der Waals surface area contributed by atoms with Crippen molar-refractivity contribution < 1.29 is 14.2 Å².